The van der Waals surface area contributed by atoms with Crippen LogP contribution < -0.4 is 0 Å². The summed E-state index contributed by atoms with van der Waals surface area (Å²) in [6, 6.07) is 20.3. The third kappa shape index (κ3) is 4.64. The lowest BCUT2D eigenvalue weighted by molar-refractivity contribution is 0.149. The van der Waals surface area contributed by atoms with Crippen molar-refractivity contribution in [3.05, 3.63) is 87.9 Å². The molecule has 25 heavy (non-hydrogen) atoms. The average Bonchev–Trinajstić information content (AvgIpc) is 2.61. The van der Waals surface area contributed by atoms with Crippen molar-refractivity contribution >= 4 is 40.1 Å². The molecule has 0 aliphatic heterocycles. The van der Waals surface area contributed by atoms with Crippen LogP contribution in [0.15, 0.2) is 66.7 Å². The van der Waals surface area contributed by atoms with Gasteiger partial charge >= 0.3 is 0 Å². The predicted molar refractivity (Wildman–Crippen MR) is 108 cm³/mol. The molecule has 2 atom stereocenters. The van der Waals surface area contributed by atoms with Gasteiger partial charge in [-0.1, -0.05) is 77.8 Å². The first-order chi connectivity index (χ1) is 12.0. The molecular weight excluding hydrogens is 351 g/mol. The highest BCUT2D eigenvalue weighted by Gasteiger charge is 2.13. The van der Waals surface area contributed by atoms with Gasteiger partial charge in [0.25, 0.3) is 0 Å². The second-order valence-electron chi connectivity index (χ2n) is 6.32. The highest BCUT2D eigenvalue weighted by molar-refractivity contribution is 6.42. The molecule has 0 saturated carbocycles. The Balaban J connectivity index is 1.80. The van der Waals surface area contributed by atoms with Crippen molar-refractivity contribution in [2.24, 2.45) is 5.92 Å². The minimum absolute atomic E-state index is 0.00344. The Bertz CT molecular complexity index is 899. The van der Waals surface area contributed by atoms with E-state index in [0.717, 1.165) is 11.1 Å². The lowest BCUT2D eigenvalue weighted by Crippen LogP contribution is -2.16. The van der Waals surface area contributed by atoms with Gasteiger partial charge in [-0.05, 0) is 53.4 Å². The third-order valence-electron chi connectivity index (χ3n) is 4.38. The van der Waals surface area contributed by atoms with Gasteiger partial charge in [-0.3, -0.25) is 0 Å². The van der Waals surface area contributed by atoms with Crippen LogP contribution in [0, 0.1) is 5.92 Å². The van der Waals surface area contributed by atoms with Crippen molar-refractivity contribution in [1.82, 2.24) is 0 Å². The van der Waals surface area contributed by atoms with Gasteiger partial charge in [0.05, 0.1) is 16.1 Å². The van der Waals surface area contributed by atoms with E-state index in [9.17, 15) is 5.11 Å². The molecule has 1 N–H and O–H groups in total. The molecule has 0 spiro atoms. The number of fused-ring (bicyclic) bond motifs is 1. The molecular formula is C22H20Cl2O. The van der Waals surface area contributed by atoms with Gasteiger partial charge in [0.2, 0.25) is 0 Å². The maximum absolute atomic E-state index is 10.1. The maximum Gasteiger partial charge on any atom is 0.0595 e. The Morgan fingerprint density at radius 2 is 1.68 bits per heavy atom. The van der Waals surface area contributed by atoms with Gasteiger partial charge in [0.1, 0.15) is 0 Å². The van der Waals surface area contributed by atoms with Crippen LogP contribution in [0.2, 0.25) is 10.0 Å². The van der Waals surface area contributed by atoms with Crippen LogP contribution in [0.5, 0.6) is 0 Å². The van der Waals surface area contributed by atoms with Crippen LogP contribution in [0.25, 0.3) is 16.8 Å². The number of benzene rings is 3. The molecule has 0 unspecified atom stereocenters. The van der Waals surface area contributed by atoms with Gasteiger partial charge in [0.15, 0.2) is 0 Å². The molecule has 3 aromatic carbocycles. The highest BCUT2D eigenvalue weighted by atomic mass is 35.5. The number of aliphatic hydroxyl groups excluding tert-OH is 1. The molecule has 0 aliphatic rings. The fourth-order valence-electron chi connectivity index (χ4n) is 2.88. The van der Waals surface area contributed by atoms with E-state index in [4.69, 9.17) is 23.2 Å². The molecule has 128 valence electrons. The summed E-state index contributed by atoms with van der Waals surface area (Å²) in [5.74, 6) is 0.00344. The van der Waals surface area contributed by atoms with Crippen LogP contribution in [0.3, 0.4) is 0 Å². The summed E-state index contributed by atoms with van der Waals surface area (Å²) in [4.78, 5) is 0. The standard InChI is InChI=1S/C22H20Cl2O/c1-15(25)19(13-17-8-11-21(23)22(24)14-17)10-7-16-6-9-18-4-2-3-5-20(18)12-16/h2-12,14-15,19,25H,13H2,1H3/b10-7+/t15-,19-/m1/s1. The summed E-state index contributed by atoms with van der Waals surface area (Å²) in [7, 11) is 0. The van der Waals surface area contributed by atoms with Crippen molar-refractivity contribution in [3.63, 3.8) is 0 Å². The molecule has 0 aliphatic carbocycles. The SMILES string of the molecule is C[C@@H](O)[C@H](/C=C/c1ccc2ccccc2c1)Cc1ccc(Cl)c(Cl)c1. The zero-order valence-corrected chi connectivity index (χ0v) is 15.5. The van der Waals surface area contributed by atoms with E-state index in [1.807, 2.05) is 31.2 Å². The van der Waals surface area contributed by atoms with Crippen LogP contribution in [-0.2, 0) is 6.42 Å². The van der Waals surface area contributed by atoms with Crippen LogP contribution in [-0.4, -0.2) is 11.2 Å². The number of rotatable bonds is 5. The Kier molecular flexibility index (Phi) is 5.80. The molecule has 3 aromatic rings. The van der Waals surface area contributed by atoms with Gasteiger partial charge in [-0.2, -0.15) is 0 Å². The Morgan fingerprint density at radius 1 is 0.920 bits per heavy atom. The quantitative estimate of drug-likeness (QED) is 0.550. The second-order valence-corrected chi connectivity index (χ2v) is 7.14. The first-order valence-electron chi connectivity index (χ1n) is 8.32. The van der Waals surface area contributed by atoms with Crippen molar-refractivity contribution in [2.75, 3.05) is 0 Å². The van der Waals surface area contributed by atoms with Crippen LogP contribution in [0.1, 0.15) is 18.1 Å². The average molecular weight is 371 g/mol. The topological polar surface area (TPSA) is 20.2 Å². The fourth-order valence-corrected chi connectivity index (χ4v) is 3.21. The van der Waals surface area contributed by atoms with Crippen molar-refractivity contribution in [1.29, 1.82) is 0 Å². The van der Waals surface area contributed by atoms with Crippen LogP contribution >= 0.6 is 23.2 Å². The minimum Gasteiger partial charge on any atom is -0.393 e. The Hall–Kier alpha value is -1.80. The van der Waals surface area contributed by atoms with E-state index in [2.05, 4.69) is 42.5 Å². The Morgan fingerprint density at radius 3 is 2.40 bits per heavy atom. The van der Waals surface area contributed by atoms with Gasteiger partial charge in [-0.25, -0.2) is 0 Å². The summed E-state index contributed by atoms with van der Waals surface area (Å²) in [6.07, 6.45) is 4.39. The van der Waals surface area contributed by atoms with E-state index in [-0.39, 0.29) is 5.92 Å². The first-order valence-corrected chi connectivity index (χ1v) is 9.07. The number of hydrogen-bond acceptors (Lipinski definition) is 1. The summed E-state index contributed by atoms with van der Waals surface area (Å²) < 4.78 is 0. The molecule has 0 aromatic heterocycles. The van der Waals surface area contributed by atoms with E-state index in [1.54, 1.807) is 6.07 Å². The molecule has 0 amide bonds. The minimum atomic E-state index is -0.453. The zero-order valence-electron chi connectivity index (χ0n) is 14.0. The summed E-state index contributed by atoms with van der Waals surface area (Å²) in [6.45, 7) is 1.81. The van der Waals surface area contributed by atoms with Crippen molar-refractivity contribution in [2.45, 2.75) is 19.4 Å². The smallest absolute Gasteiger partial charge is 0.0595 e. The van der Waals surface area contributed by atoms with Crippen LogP contribution in [0.4, 0.5) is 0 Å². The predicted octanol–water partition coefficient (Wildman–Crippen LogP) is 6.40. The summed E-state index contributed by atoms with van der Waals surface area (Å²) in [5, 5.41) is 13.7. The van der Waals surface area contributed by atoms with E-state index < -0.39 is 6.10 Å². The molecule has 0 bridgehead atoms. The number of aliphatic hydroxyl groups is 1. The largest absolute Gasteiger partial charge is 0.393 e. The van der Waals surface area contributed by atoms with Crippen molar-refractivity contribution in [3.8, 4) is 0 Å². The molecule has 3 heteroatoms. The fraction of sp³-hybridized carbons (Fsp3) is 0.182. The Labute approximate surface area is 158 Å². The first kappa shape index (κ1) is 18.0. The molecule has 0 heterocycles. The molecule has 3 rings (SSSR count). The van der Waals surface area contributed by atoms with E-state index in [1.165, 1.54) is 10.8 Å². The van der Waals surface area contributed by atoms with E-state index in [0.29, 0.717) is 16.5 Å². The lowest BCUT2D eigenvalue weighted by atomic mass is 9.93. The molecule has 1 nitrogen and oxygen atoms in total. The van der Waals surface area contributed by atoms with Gasteiger partial charge < -0.3 is 5.11 Å². The molecule has 0 fully saturated rings. The van der Waals surface area contributed by atoms with Gasteiger partial charge in [-0.15, -0.1) is 0 Å². The van der Waals surface area contributed by atoms with E-state index >= 15 is 0 Å². The van der Waals surface area contributed by atoms with Gasteiger partial charge in [0, 0.05) is 5.92 Å². The number of hydrogen-bond donors (Lipinski definition) is 1. The molecule has 0 radical (unpaired) electrons. The summed E-state index contributed by atoms with van der Waals surface area (Å²) in [5.41, 5.74) is 2.18. The summed E-state index contributed by atoms with van der Waals surface area (Å²) >= 11 is 12.1. The third-order valence-corrected chi connectivity index (χ3v) is 5.12. The van der Waals surface area contributed by atoms with Crippen molar-refractivity contribution < 1.29 is 5.11 Å². The molecule has 0 saturated heterocycles. The second kappa shape index (κ2) is 8.05. The normalized spacial score (nSPS) is 14.1. The maximum atomic E-state index is 10.1. The lowest BCUT2D eigenvalue weighted by Gasteiger charge is -2.16. The zero-order chi connectivity index (χ0) is 17.8. The monoisotopic (exact) mass is 370 g/mol. The number of halogens is 2. The highest BCUT2D eigenvalue weighted by Crippen LogP contribution is 2.25.